The van der Waals surface area contributed by atoms with E-state index in [9.17, 15) is 18.5 Å². The molecule has 1 aromatic carbocycles. The van der Waals surface area contributed by atoms with Crippen LogP contribution in [0.5, 0.6) is 5.75 Å². The molecular weight excluding hydrogens is 320 g/mol. The van der Waals surface area contributed by atoms with E-state index in [1.807, 2.05) is 20.8 Å². The summed E-state index contributed by atoms with van der Waals surface area (Å²) in [7, 11) is -2.59. The molecule has 1 aromatic rings. The molecular formula is C15H24N2O5S. The molecule has 7 nitrogen and oxygen atoms in total. The van der Waals surface area contributed by atoms with E-state index in [2.05, 4.69) is 4.72 Å². The van der Waals surface area contributed by atoms with Crippen LogP contribution in [0, 0.1) is 15.5 Å². The summed E-state index contributed by atoms with van der Waals surface area (Å²) in [6, 6.07) is 3.58. The third kappa shape index (κ3) is 5.47. The van der Waals surface area contributed by atoms with Gasteiger partial charge in [0.2, 0.25) is 10.0 Å². The Balaban J connectivity index is 3.19. The molecule has 0 bridgehead atoms. The number of nitrogens with one attached hydrogen (secondary N) is 1. The highest BCUT2D eigenvalue weighted by Crippen LogP contribution is 2.31. The molecule has 0 aliphatic rings. The van der Waals surface area contributed by atoms with Crippen molar-refractivity contribution in [3.8, 4) is 5.75 Å². The van der Waals surface area contributed by atoms with Gasteiger partial charge in [-0.1, -0.05) is 20.8 Å². The lowest BCUT2D eigenvalue weighted by atomic mass is 9.82. The van der Waals surface area contributed by atoms with Crippen LogP contribution < -0.4 is 9.46 Å². The quantitative estimate of drug-likeness (QED) is 0.631. The fourth-order valence-electron chi connectivity index (χ4n) is 2.76. The topological polar surface area (TPSA) is 98.5 Å². The fourth-order valence-corrected chi connectivity index (χ4v) is 4.20. The van der Waals surface area contributed by atoms with Gasteiger partial charge < -0.3 is 4.74 Å². The summed E-state index contributed by atoms with van der Waals surface area (Å²) in [6.07, 6.45) is 0.609. The van der Waals surface area contributed by atoms with E-state index in [-0.39, 0.29) is 21.7 Å². The molecule has 0 saturated carbocycles. The van der Waals surface area contributed by atoms with Crippen LogP contribution in [0.25, 0.3) is 0 Å². The molecule has 0 aromatic heterocycles. The summed E-state index contributed by atoms with van der Waals surface area (Å²) in [4.78, 5) is 10.2. The largest absolute Gasteiger partial charge is 0.490 e. The third-order valence-electron chi connectivity index (χ3n) is 3.04. The molecule has 0 heterocycles. The molecule has 0 radical (unpaired) electrons. The average molecular weight is 344 g/mol. The van der Waals surface area contributed by atoms with Crippen LogP contribution in [-0.4, -0.2) is 26.0 Å². The maximum Gasteiger partial charge on any atom is 0.312 e. The first-order valence-corrected chi connectivity index (χ1v) is 8.62. The van der Waals surface area contributed by atoms with Gasteiger partial charge in [0, 0.05) is 11.6 Å². The second kappa shape index (κ2) is 6.45. The standard InChI is InChI=1S/C15H24N2O5S/c1-14(2,3)10-15(4,5)16-23(20,21)11-7-8-13(22-6)12(9-11)17(18)19/h7-9,16H,10H2,1-6H3. The van der Waals surface area contributed by atoms with Crippen molar-refractivity contribution in [2.45, 2.75) is 51.5 Å². The summed E-state index contributed by atoms with van der Waals surface area (Å²) < 4.78 is 32.6. The van der Waals surface area contributed by atoms with E-state index in [1.165, 1.54) is 19.2 Å². The van der Waals surface area contributed by atoms with Gasteiger partial charge in [0.15, 0.2) is 5.75 Å². The summed E-state index contributed by atoms with van der Waals surface area (Å²) >= 11 is 0. The molecule has 23 heavy (non-hydrogen) atoms. The van der Waals surface area contributed by atoms with Crippen molar-refractivity contribution in [1.29, 1.82) is 0 Å². The number of methoxy groups -OCH3 is 1. The highest BCUT2D eigenvalue weighted by atomic mass is 32.2. The van der Waals surface area contributed by atoms with Crippen molar-refractivity contribution < 1.29 is 18.1 Å². The second-order valence-corrected chi connectivity index (χ2v) is 9.00. The zero-order valence-electron chi connectivity index (χ0n) is 14.3. The summed E-state index contributed by atoms with van der Waals surface area (Å²) in [5.74, 6) is 0.0166. The number of hydrogen-bond donors (Lipinski definition) is 1. The van der Waals surface area contributed by atoms with Crippen molar-refractivity contribution in [2.75, 3.05) is 7.11 Å². The van der Waals surface area contributed by atoms with Crippen molar-refractivity contribution in [3.05, 3.63) is 28.3 Å². The zero-order chi connectivity index (χ0) is 18.1. The van der Waals surface area contributed by atoms with E-state index < -0.39 is 20.5 Å². The number of sulfonamides is 1. The Bertz CT molecular complexity index is 690. The number of nitrogens with zero attached hydrogens (tertiary/aromatic N) is 1. The lowest BCUT2D eigenvalue weighted by molar-refractivity contribution is -0.386. The Labute approximate surface area is 137 Å². The number of benzene rings is 1. The highest BCUT2D eigenvalue weighted by Gasteiger charge is 2.31. The van der Waals surface area contributed by atoms with Gasteiger partial charge in [0.1, 0.15) is 0 Å². The number of nitro groups is 1. The number of hydrogen-bond acceptors (Lipinski definition) is 5. The minimum atomic E-state index is -3.88. The van der Waals surface area contributed by atoms with Crippen LogP contribution in [0.1, 0.15) is 41.0 Å². The summed E-state index contributed by atoms with van der Waals surface area (Å²) in [5.41, 5.74) is -1.15. The van der Waals surface area contributed by atoms with E-state index in [0.717, 1.165) is 6.07 Å². The number of rotatable bonds is 6. The zero-order valence-corrected chi connectivity index (χ0v) is 15.2. The highest BCUT2D eigenvalue weighted by molar-refractivity contribution is 7.89. The van der Waals surface area contributed by atoms with Crippen molar-refractivity contribution in [2.24, 2.45) is 5.41 Å². The Morgan fingerprint density at radius 1 is 1.22 bits per heavy atom. The predicted octanol–water partition coefficient (Wildman–Crippen LogP) is 3.10. The molecule has 130 valence electrons. The first kappa shape index (κ1) is 19.4. The molecule has 0 amide bonds. The van der Waals surface area contributed by atoms with Crippen LogP contribution in [0.2, 0.25) is 0 Å². The molecule has 0 aliphatic carbocycles. The van der Waals surface area contributed by atoms with E-state index in [0.29, 0.717) is 6.42 Å². The molecule has 0 atom stereocenters. The first-order valence-electron chi connectivity index (χ1n) is 7.14. The van der Waals surface area contributed by atoms with Gasteiger partial charge in [0.05, 0.1) is 16.9 Å². The van der Waals surface area contributed by atoms with Crippen LogP contribution >= 0.6 is 0 Å². The van der Waals surface area contributed by atoms with E-state index in [4.69, 9.17) is 4.74 Å². The average Bonchev–Trinajstić information content (AvgIpc) is 2.33. The molecule has 8 heteroatoms. The van der Waals surface area contributed by atoms with Gasteiger partial charge in [-0.25, -0.2) is 13.1 Å². The van der Waals surface area contributed by atoms with Gasteiger partial charge in [-0.2, -0.15) is 0 Å². The fraction of sp³-hybridized carbons (Fsp3) is 0.600. The maximum atomic E-state index is 12.5. The predicted molar refractivity (Wildman–Crippen MR) is 88.1 cm³/mol. The molecule has 1 rings (SSSR count). The van der Waals surface area contributed by atoms with Crippen LogP contribution in [0.15, 0.2) is 23.1 Å². The van der Waals surface area contributed by atoms with Gasteiger partial charge >= 0.3 is 5.69 Å². The Morgan fingerprint density at radius 2 is 1.78 bits per heavy atom. The molecule has 1 N–H and O–H groups in total. The first-order chi connectivity index (χ1) is 10.3. The SMILES string of the molecule is COc1ccc(S(=O)(=O)NC(C)(C)CC(C)(C)C)cc1[N+](=O)[O-]. The smallest absolute Gasteiger partial charge is 0.312 e. The number of nitro benzene ring substituents is 1. The van der Waals surface area contributed by atoms with Crippen molar-refractivity contribution in [1.82, 2.24) is 4.72 Å². The van der Waals surface area contributed by atoms with Crippen LogP contribution in [-0.2, 0) is 10.0 Å². The lowest BCUT2D eigenvalue weighted by Crippen LogP contribution is -2.45. The minimum Gasteiger partial charge on any atom is -0.490 e. The van der Waals surface area contributed by atoms with Crippen molar-refractivity contribution in [3.63, 3.8) is 0 Å². The maximum absolute atomic E-state index is 12.5. The van der Waals surface area contributed by atoms with Crippen molar-refractivity contribution >= 4 is 15.7 Å². The Morgan fingerprint density at radius 3 is 2.22 bits per heavy atom. The third-order valence-corrected chi connectivity index (χ3v) is 4.74. The van der Waals surface area contributed by atoms with Gasteiger partial charge in [-0.05, 0) is 37.8 Å². The molecule has 0 aliphatic heterocycles. The van der Waals surface area contributed by atoms with Gasteiger partial charge in [-0.3, -0.25) is 10.1 Å². The minimum absolute atomic E-state index is 0.0166. The molecule has 0 fully saturated rings. The van der Waals surface area contributed by atoms with Crippen LogP contribution in [0.3, 0.4) is 0 Å². The Kier molecular flexibility index (Phi) is 5.43. The monoisotopic (exact) mass is 344 g/mol. The molecule has 0 saturated heterocycles. The summed E-state index contributed by atoms with van der Waals surface area (Å²) in [5, 5.41) is 11.0. The number of ether oxygens (including phenoxy) is 1. The Hall–Kier alpha value is -1.67. The molecule has 0 spiro atoms. The normalized spacial score (nSPS) is 13.0. The second-order valence-electron chi connectivity index (χ2n) is 7.32. The van der Waals surface area contributed by atoms with E-state index >= 15 is 0 Å². The van der Waals surface area contributed by atoms with Crippen LogP contribution in [0.4, 0.5) is 5.69 Å². The molecule has 0 unspecified atom stereocenters. The van der Waals surface area contributed by atoms with E-state index in [1.54, 1.807) is 13.8 Å². The van der Waals surface area contributed by atoms with Gasteiger partial charge in [-0.15, -0.1) is 0 Å². The van der Waals surface area contributed by atoms with Gasteiger partial charge in [0.25, 0.3) is 0 Å². The lowest BCUT2D eigenvalue weighted by Gasteiger charge is -2.32. The summed E-state index contributed by atoms with van der Waals surface area (Å²) in [6.45, 7) is 9.62.